The summed E-state index contributed by atoms with van der Waals surface area (Å²) in [5.41, 5.74) is 2.33. The van der Waals surface area contributed by atoms with Crippen LogP contribution in [-0.4, -0.2) is 35.1 Å². The van der Waals surface area contributed by atoms with E-state index in [1.54, 1.807) is 17.8 Å². The molecule has 0 spiro atoms. The van der Waals surface area contributed by atoms with Crippen molar-refractivity contribution in [3.63, 3.8) is 0 Å². The van der Waals surface area contributed by atoms with Crippen molar-refractivity contribution in [2.45, 2.75) is 31.9 Å². The van der Waals surface area contributed by atoms with Gasteiger partial charge in [0.15, 0.2) is 0 Å². The van der Waals surface area contributed by atoms with E-state index in [4.69, 9.17) is 0 Å². The average molecular weight is 294 g/mol. The number of benzene rings is 1. The summed E-state index contributed by atoms with van der Waals surface area (Å²) in [6.45, 7) is 5.86. The molecule has 1 heterocycles. The molecule has 110 valence electrons. The van der Waals surface area contributed by atoms with Gasteiger partial charge in [-0.15, -0.1) is 11.8 Å². The van der Waals surface area contributed by atoms with Crippen LogP contribution in [0.3, 0.4) is 0 Å². The summed E-state index contributed by atoms with van der Waals surface area (Å²) < 4.78 is 0. The molecular formula is C15H22N2O2S. The minimum absolute atomic E-state index is 0.0474. The Labute approximate surface area is 124 Å². The quantitative estimate of drug-likeness (QED) is 0.746. The molecule has 0 saturated carbocycles. The van der Waals surface area contributed by atoms with Gasteiger partial charge in [-0.1, -0.05) is 6.07 Å². The Morgan fingerprint density at radius 3 is 2.80 bits per heavy atom. The summed E-state index contributed by atoms with van der Waals surface area (Å²) in [6.07, 6.45) is 2.24. The maximum atomic E-state index is 12.0. The normalized spacial score (nSPS) is 16.1. The van der Waals surface area contributed by atoms with Gasteiger partial charge < -0.3 is 15.7 Å². The van der Waals surface area contributed by atoms with Crippen LogP contribution >= 0.6 is 11.8 Å². The van der Waals surface area contributed by atoms with Crippen LogP contribution in [-0.2, 0) is 4.79 Å². The number of hydrogen-bond donors (Lipinski definition) is 3. The molecular weight excluding hydrogens is 272 g/mol. The number of nitrogens with one attached hydrogen (secondary N) is 2. The van der Waals surface area contributed by atoms with Crippen LogP contribution in [0.2, 0.25) is 0 Å². The zero-order valence-corrected chi connectivity index (χ0v) is 12.8. The number of aryl methyl sites for hydroxylation is 2. The lowest BCUT2D eigenvalue weighted by Crippen LogP contribution is -2.30. The van der Waals surface area contributed by atoms with Crippen LogP contribution in [0.4, 0.5) is 5.69 Å². The molecule has 2 rings (SSSR count). The molecule has 1 amide bonds. The highest BCUT2D eigenvalue weighted by molar-refractivity contribution is 8.00. The SMILES string of the molecule is Cc1cc(C)c(O)c(NC(=O)CSC2CCNCC2)c1. The summed E-state index contributed by atoms with van der Waals surface area (Å²) in [7, 11) is 0. The predicted octanol–water partition coefficient (Wildman–Crippen LogP) is 2.43. The lowest BCUT2D eigenvalue weighted by molar-refractivity contribution is -0.113. The van der Waals surface area contributed by atoms with E-state index in [0.29, 0.717) is 16.7 Å². The Morgan fingerprint density at radius 1 is 1.40 bits per heavy atom. The molecule has 0 bridgehead atoms. The summed E-state index contributed by atoms with van der Waals surface area (Å²) in [5.74, 6) is 0.557. The van der Waals surface area contributed by atoms with E-state index in [0.717, 1.165) is 37.1 Å². The van der Waals surface area contributed by atoms with Crippen molar-refractivity contribution in [3.05, 3.63) is 23.3 Å². The van der Waals surface area contributed by atoms with E-state index in [1.807, 2.05) is 19.9 Å². The fraction of sp³-hybridized carbons (Fsp3) is 0.533. The van der Waals surface area contributed by atoms with Gasteiger partial charge in [-0.3, -0.25) is 4.79 Å². The standard InChI is InChI=1S/C15H22N2O2S/c1-10-7-11(2)15(19)13(8-10)17-14(18)9-20-12-3-5-16-6-4-12/h7-8,12,16,19H,3-6,9H2,1-2H3,(H,17,18). The molecule has 1 aliphatic rings. The Kier molecular flexibility index (Phi) is 5.31. The third-order valence-corrected chi connectivity index (χ3v) is 4.83. The molecule has 1 saturated heterocycles. The van der Waals surface area contributed by atoms with Gasteiger partial charge in [-0.2, -0.15) is 0 Å². The minimum atomic E-state index is -0.0474. The van der Waals surface area contributed by atoms with Crippen molar-refractivity contribution in [2.24, 2.45) is 0 Å². The number of hydrogen-bond acceptors (Lipinski definition) is 4. The van der Waals surface area contributed by atoms with Gasteiger partial charge in [0.1, 0.15) is 5.75 Å². The number of rotatable bonds is 4. The number of aromatic hydroxyl groups is 1. The van der Waals surface area contributed by atoms with Gasteiger partial charge in [-0.25, -0.2) is 0 Å². The molecule has 0 aromatic heterocycles. The zero-order chi connectivity index (χ0) is 14.5. The van der Waals surface area contributed by atoms with Crippen molar-refractivity contribution < 1.29 is 9.90 Å². The first kappa shape index (κ1) is 15.2. The molecule has 0 radical (unpaired) electrons. The van der Waals surface area contributed by atoms with Crippen molar-refractivity contribution in [1.82, 2.24) is 5.32 Å². The Bertz CT molecular complexity index is 485. The molecule has 4 nitrogen and oxygen atoms in total. The summed E-state index contributed by atoms with van der Waals surface area (Å²) in [5, 5.41) is 16.6. The summed E-state index contributed by atoms with van der Waals surface area (Å²) in [6, 6.07) is 3.70. The number of piperidine rings is 1. The first-order chi connectivity index (χ1) is 9.56. The third kappa shape index (κ3) is 4.15. The van der Waals surface area contributed by atoms with E-state index < -0.39 is 0 Å². The Hall–Kier alpha value is -1.20. The van der Waals surface area contributed by atoms with Crippen LogP contribution in [0, 0.1) is 13.8 Å². The van der Waals surface area contributed by atoms with E-state index >= 15 is 0 Å². The van der Waals surface area contributed by atoms with Crippen LogP contribution in [0.1, 0.15) is 24.0 Å². The van der Waals surface area contributed by atoms with E-state index in [-0.39, 0.29) is 11.7 Å². The van der Waals surface area contributed by atoms with Gasteiger partial charge in [0.2, 0.25) is 5.91 Å². The zero-order valence-electron chi connectivity index (χ0n) is 12.0. The maximum Gasteiger partial charge on any atom is 0.234 e. The molecule has 0 aliphatic carbocycles. The highest BCUT2D eigenvalue weighted by atomic mass is 32.2. The van der Waals surface area contributed by atoms with Crippen LogP contribution in [0.15, 0.2) is 12.1 Å². The first-order valence-corrected chi connectivity index (χ1v) is 8.03. The smallest absolute Gasteiger partial charge is 0.234 e. The van der Waals surface area contributed by atoms with Crippen LogP contribution in [0.5, 0.6) is 5.75 Å². The Balaban J connectivity index is 1.88. The summed E-state index contributed by atoms with van der Waals surface area (Å²) >= 11 is 1.71. The van der Waals surface area contributed by atoms with Gasteiger partial charge in [0, 0.05) is 5.25 Å². The van der Waals surface area contributed by atoms with Gasteiger partial charge in [0.25, 0.3) is 0 Å². The second kappa shape index (κ2) is 6.99. The average Bonchev–Trinajstić information content (AvgIpc) is 2.43. The van der Waals surface area contributed by atoms with Crippen molar-refractivity contribution >= 4 is 23.4 Å². The second-order valence-electron chi connectivity index (χ2n) is 5.29. The lowest BCUT2D eigenvalue weighted by atomic mass is 10.1. The molecule has 0 atom stereocenters. The second-order valence-corrected chi connectivity index (χ2v) is 6.58. The molecule has 1 aromatic carbocycles. The fourth-order valence-electron chi connectivity index (χ4n) is 2.40. The number of phenols is 1. The monoisotopic (exact) mass is 294 g/mol. The minimum Gasteiger partial charge on any atom is -0.505 e. The first-order valence-electron chi connectivity index (χ1n) is 6.98. The number of phenolic OH excluding ortho intramolecular Hbond substituents is 1. The maximum absolute atomic E-state index is 12.0. The highest BCUT2D eigenvalue weighted by Crippen LogP contribution is 2.29. The van der Waals surface area contributed by atoms with Gasteiger partial charge in [0.05, 0.1) is 11.4 Å². The number of amides is 1. The Morgan fingerprint density at radius 2 is 2.10 bits per heavy atom. The summed E-state index contributed by atoms with van der Waals surface area (Å²) in [4.78, 5) is 12.0. The predicted molar refractivity (Wildman–Crippen MR) is 84.6 cm³/mol. The van der Waals surface area contributed by atoms with E-state index in [1.165, 1.54) is 0 Å². The molecule has 1 aliphatic heterocycles. The molecule has 1 fully saturated rings. The lowest BCUT2D eigenvalue weighted by Gasteiger charge is -2.21. The topological polar surface area (TPSA) is 61.4 Å². The van der Waals surface area contributed by atoms with E-state index in [9.17, 15) is 9.90 Å². The highest BCUT2D eigenvalue weighted by Gasteiger charge is 2.16. The number of anilines is 1. The molecule has 3 N–H and O–H groups in total. The van der Waals surface area contributed by atoms with Crippen molar-refractivity contribution in [1.29, 1.82) is 0 Å². The fourth-order valence-corrected chi connectivity index (χ4v) is 3.43. The van der Waals surface area contributed by atoms with Crippen molar-refractivity contribution in [2.75, 3.05) is 24.2 Å². The number of carbonyl (C=O) groups is 1. The number of thioether (sulfide) groups is 1. The molecule has 1 aromatic rings. The third-order valence-electron chi connectivity index (χ3n) is 3.46. The van der Waals surface area contributed by atoms with Crippen LogP contribution in [0.25, 0.3) is 0 Å². The van der Waals surface area contributed by atoms with Crippen molar-refractivity contribution in [3.8, 4) is 5.75 Å². The largest absolute Gasteiger partial charge is 0.505 e. The van der Waals surface area contributed by atoms with Gasteiger partial charge in [-0.05, 0) is 57.0 Å². The van der Waals surface area contributed by atoms with E-state index in [2.05, 4.69) is 10.6 Å². The number of carbonyl (C=O) groups excluding carboxylic acids is 1. The van der Waals surface area contributed by atoms with Gasteiger partial charge >= 0.3 is 0 Å². The molecule has 20 heavy (non-hydrogen) atoms. The molecule has 5 heteroatoms. The molecule has 0 unspecified atom stereocenters. The van der Waals surface area contributed by atoms with Crippen LogP contribution < -0.4 is 10.6 Å².